The fourth-order valence-corrected chi connectivity index (χ4v) is 2.67. The first-order valence-electron chi connectivity index (χ1n) is 11.5. The van der Waals surface area contributed by atoms with Crippen LogP contribution in [0, 0.1) is 5.92 Å². The minimum Gasteiger partial charge on any atom is -0.463 e. The molecule has 0 saturated carbocycles. The van der Waals surface area contributed by atoms with Crippen LogP contribution in [0.25, 0.3) is 0 Å². The van der Waals surface area contributed by atoms with Crippen molar-refractivity contribution in [1.82, 2.24) is 0 Å². The number of hydrogen-bond donors (Lipinski definition) is 0. The Morgan fingerprint density at radius 2 is 1.23 bits per heavy atom. The topological polar surface area (TPSA) is 38.8 Å². The zero-order valence-corrected chi connectivity index (χ0v) is 18.9. The summed E-state index contributed by atoms with van der Waals surface area (Å²) in [5, 5.41) is 0. The summed E-state index contributed by atoms with van der Waals surface area (Å²) in [7, 11) is 0. The molecule has 0 aromatic rings. The van der Waals surface area contributed by atoms with Gasteiger partial charge in [-0.1, -0.05) is 86.8 Å². The first kappa shape index (κ1) is 25.9. The molecule has 2 atom stereocenters. The minimum atomic E-state index is -0.104. The standard InChI is InChI=1S/C27H40O3/c1-3-5-6-7-8-9-10-11-12-13-14-15-16-17-18-19-20-21-22-25(4-2)27(28)30-24-26-23-29-26/h5-6,8-9,11-12,14-15,17-18,20-21,25-26H,3-4,7,10,13,16,19,22-24H2,1-2H3/b6-5-,9-8-,12-11-,15-14-,18-17-,21-20-. The fraction of sp³-hybridized carbons (Fsp3) is 0.519. The summed E-state index contributed by atoms with van der Waals surface area (Å²) in [4.78, 5) is 12.0. The lowest BCUT2D eigenvalue weighted by Gasteiger charge is -2.11. The molecule has 166 valence electrons. The zero-order valence-electron chi connectivity index (χ0n) is 18.9. The van der Waals surface area contributed by atoms with Crippen molar-refractivity contribution in [3.05, 3.63) is 72.9 Å². The molecule has 1 saturated heterocycles. The smallest absolute Gasteiger partial charge is 0.309 e. The summed E-state index contributed by atoms with van der Waals surface area (Å²) in [5.41, 5.74) is 0. The van der Waals surface area contributed by atoms with Crippen molar-refractivity contribution in [3.8, 4) is 0 Å². The summed E-state index contributed by atoms with van der Waals surface area (Å²) < 4.78 is 10.3. The molecule has 0 radical (unpaired) electrons. The average molecular weight is 413 g/mol. The average Bonchev–Trinajstić information content (AvgIpc) is 3.58. The van der Waals surface area contributed by atoms with E-state index in [4.69, 9.17) is 9.47 Å². The van der Waals surface area contributed by atoms with Gasteiger partial charge in [0.2, 0.25) is 0 Å². The van der Waals surface area contributed by atoms with E-state index in [-0.39, 0.29) is 18.0 Å². The Kier molecular flexibility index (Phi) is 16.3. The van der Waals surface area contributed by atoms with E-state index in [1.165, 1.54) is 0 Å². The molecule has 1 aliphatic heterocycles. The number of esters is 1. The number of carbonyl (C=O) groups excluding carboxylic acids is 1. The van der Waals surface area contributed by atoms with Crippen LogP contribution in [-0.4, -0.2) is 25.3 Å². The van der Waals surface area contributed by atoms with Gasteiger partial charge < -0.3 is 9.47 Å². The second-order valence-corrected chi connectivity index (χ2v) is 7.34. The van der Waals surface area contributed by atoms with E-state index in [9.17, 15) is 4.79 Å². The van der Waals surface area contributed by atoms with Crippen molar-refractivity contribution >= 4 is 5.97 Å². The Balaban J connectivity index is 2.02. The maximum absolute atomic E-state index is 12.0. The number of epoxide rings is 1. The first-order chi connectivity index (χ1) is 14.8. The van der Waals surface area contributed by atoms with Crippen LogP contribution in [0.2, 0.25) is 0 Å². The summed E-state index contributed by atoms with van der Waals surface area (Å²) in [6.07, 6.45) is 33.9. The largest absolute Gasteiger partial charge is 0.463 e. The van der Waals surface area contributed by atoms with Gasteiger partial charge in [0.15, 0.2) is 0 Å². The van der Waals surface area contributed by atoms with E-state index in [0.29, 0.717) is 6.61 Å². The predicted octanol–water partition coefficient (Wildman–Crippen LogP) is 7.04. The highest BCUT2D eigenvalue weighted by molar-refractivity contribution is 5.72. The van der Waals surface area contributed by atoms with E-state index >= 15 is 0 Å². The van der Waals surface area contributed by atoms with Crippen LogP contribution in [0.4, 0.5) is 0 Å². The molecule has 0 N–H and O–H groups in total. The monoisotopic (exact) mass is 412 g/mol. The van der Waals surface area contributed by atoms with Crippen molar-refractivity contribution in [2.45, 2.75) is 71.3 Å². The van der Waals surface area contributed by atoms with Crippen LogP contribution in [0.1, 0.15) is 65.2 Å². The Bertz CT molecular complexity index is 604. The maximum atomic E-state index is 12.0. The van der Waals surface area contributed by atoms with E-state index in [0.717, 1.165) is 58.0 Å². The van der Waals surface area contributed by atoms with Crippen LogP contribution in [-0.2, 0) is 14.3 Å². The Morgan fingerprint density at radius 3 is 1.63 bits per heavy atom. The van der Waals surface area contributed by atoms with Crippen LogP contribution < -0.4 is 0 Å². The second kappa shape index (κ2) is 18.9. The van der Waals surface area contributed by atoms with E-state index in [2.05, 4.69) is 79.8 Å². The molecular formula is C27H40O3. The van der Waals surface area contributed by atoms with Crippen LogP contribution in [0.3, 0.4) is 0 Å². The van der Waals surface area contributed by atoms with Crippen molar-refractivity contribution < 1.29 is 14.3 Å². The van der Waals surface area contributed by atoms with Gasteiger partial charge in [0.1, 0.15) is 12.7 Å². The Morgan fingerprint density at radius 1 is 0.800 bits per heavy atom. The zero-order chi connectivity index (χ0) is 21.7. The molecule has 0 aliphatic carbocycles. The molecule has 1 fully saturated rings. The molecule has 2 unspecified atom stereocenters. The summed E-state index contributed by atoms with van der Waals surface area (Å²) in [6, 6.07) is 0. The molecular weight excluding hydrogens is 372 g/mol. The molecule has 1 rings (SSSR count). The lowest BCUT2D eigenvalue weighted by Crippen LogP contribution is -2.18. The molecule has 0 aromatic heterocycles. The molecule has 30 heavy (non-hydrogen) atoms. The lowest BCUT2D eigenvalue weighted by atomic mass is 10.0. The van der Waals surface area contributed by atoms with E-state index < -0.39 is 0 Å². The van der Waals surface area contributed by atoms with Gasteiger partial charge in [0, 0.05) is 0 Å². The van der Waals surface area contributed by atoms with Gasteiger partial charge in [0.05, 0.1) is 12.5 Å². The van der Waals surface area contributed by atoms with E-state index in [1.54, 1.807) is 0 Å². The molecule has 0 amide bonds. The van der Waals surface area contributed by atoms with Crippen molar-refractivity contribution in [2.24, 2.45) is 5.92 Å². The Labute approximate surface area is 183 Å². The molecule has 1 aliphatic rings. The van der Waals surface area contributed by atoms with Crippen LogP contribution in [0.15, 0.2) is 72.9 Å². The molecule has 3 nitrogen and oxygen atoms in total. The third-order valence-electron chi connectivity index (χ3n) is 4.66. The third-order valence-corrected chi connectivity index (χ3v) is 4.66. The van der Waals surface area contributed by atoms with Crippen LogP contribution in [0.5, 0.6) is 0 Å². The Hall–Kier alpha value is -2.13. The maximum Gasteiger partial charge on any atom is 0.309 e. The minimum absolute atomic E-state index is 0.0478. The molecule has 0 bridgehead atoms. The molecule has 0 spiro atoms. The molecule has 1 heterocycles. The second-order valence-electron chi connectivity index (χ2n) is 7.34. The normalized spacial score (nSPS) is 18.1. The van der Waals surface area contributed by atoms with Gasteiger partial charge in [-0.2, -0.15) is 0 Å². The van der Waals surface area contributed by atoms with Crippen molar-refractivity contribution in [3.63, 3.8) is 0 Å². The summed E-state index contributed by atoms with van der Waals surface area (Å²) in [6.45, 7) is 5.30. The SMILES string of the molecule is CC/C=C\C/C=C\C/C=C\C/C=C\C/C=C\C/C=C\CC(CC)C(=O)OCC1CO1. The van der Waals surface area contributed by atoms with Gasteiger partial charge in [-0.3, -0.25) is 4.79 Å². The third kappa shape index (κ3) is 15.8. The number of ether oxygens (including phenoxy) is 2. The quantitative estimate of drug-likeness (QED) is 0.146. The van der Waals surface area contributed by atoms with Gasteiger partial charge in [-0.15, -0.1) is 0 Å². The number of allylic oxidation sites excluding steroid dienone is 12. The fourth-order valence-electron chi connectivity index (χ4n) is 2.67. The highest BCUT2D eigenvalue weighted by Crippen LogP contribution is 2.15. The lowest BCUT2D eigenvalue weighted by molar-refractivity contribution is -0.149. The van der Waals surface area contributed by atoms with E-state index in [1.807, 2.05) is 6.92 Å². The molecule has 3 heteroatoms. The van der Waals surface area contributed by atoms with Gasteiger partial charge in [-0.05, 0) is 51.4 Å². The van der Waals surface area contributed by atoms with Gasteiger partial charge in [0.25, 0.3) is 0 Å². The summed E-state index contributed by atoms with van der Waals surface area (Å²) >= 11 is 0. The number of carbonyl (C=O) groups is 1. The van der Waals surface area contributed by atoms with Gasteiger partial charge >= 0.3 is 5.97 Å². The predicted molar refractivity (Wildman–Crippen MR) is 127 cm³/mol. The number of hydrogen-bond acceptors (Lipinski definition) is 3. The first-order valence-corrected chi connectivity index (χ1v) is 11.5. The van der Waals surface area contributed by atoms with Crippen molar-refractivity contribution in [2.75, 3.05) is 13.2 Å². The molecule has 0 aromatic carbocycles. The summed E-state index contributed by atoms with van der Waals surface area (Å²) in [5.74, 6) is -0.152. The van der Waals surface area contributed by atoms with Gasteiger partial charge in [-0.25, -0.2) is 0 Å². The van der Waals surface area contributed by atoms with Crippen molar-refractivity contribution in [1.29, 1.82) is 0 Å². The highest BCUT2D eigenvalue weighted by Gasteiger charge is 2.26. The van der Waals surface area contributed by atoms with Crippen LogP contribution >= 0.6 is 0 Å². The number of rotatable bonds is 17. The highest BCUT2D eigenvalue weighted by atomic mass is 16.6.